The third kappa shape index (κ3) is 4.81. The highest BCUT2D eigenvalue weighted by atomic mass is 32.2. The van der Waals surface area contributed by atoms with E-state index >= 15 is 0 Å². The lowest BCUT2D eigenvalue weighted by atomic mass is 10.1. The van der Waals surface area contributed by atoms with Crippen molar-refractivity contribution in [3.05, 3.63) is 89.7 Å². The number of sulfonamides is 1. The Balaban J connectivity index is 1.92. The van der Waals surface area contributed by atoms with Gasteiger partial charge in [-0.3, -0.25) is 9.10 Å². The molecule has 1 amide bonds. The van der Waals surface area contributed by atoms with Gasteiger partial charge in [0.25, 0.3) is 10.0 Å². The predicted molar refractivity (Wildman–Crippen MR) is 112 cm³/mol. The minimum Gasteiger partial charge on any atom is -0.324 e. The lowest BCUT2D eigenvalue weighted by Gasteiger charge is -2.24. The first kappa shape index (κ1) is 20.5. The Morgan fingerprint density at radius 3 is 2.24 bits per heavy atom. The summed E-state index contributed by atoms with van der Waals surface area (Å²) in [6, 6.07) is 18.4. The molecule has 0 aromatic heterocycles. The topological polar surface area (TPSA) is 66.5 Å². The van der Waals surface area contributed by atoms with Gasteiger partial charge in [-0.15, -0.1) is 0 Å². The molecule has 0 radical (unpaired) electrons. The van der Waals surface area contributed by atoms with Gasteiger partial charge in [-0.2, -0.15) is 0 Å². The molecule has 3 aromatic rings. The normalized spacial score (nSPS) is 11.1. The number of nitrogens with zero attached hydrogens (tertiary/aromatic N) is 1. The van der Waals surface area contributed by atoms with Crippen LogP contribution >= 0.6 is 0 Å². The summed E-state index contributed by atoms with van der Waals surface area (Å²) >= 11 is 0. The lowest BCUT2D eigenvalue weighted by molar-refractivity contribution is -0.114. The number of nitrogens with one attached hydrogen (secondary N) is 1. The molecule has 0 aliphatic rings. The number of halogens is 1. The molecule has 0 fully saturated rings. The van der Waals surface area contributed by atoms with Gasteiger partial charge in [0.15, 0.2) is 0 Å². The van der Waals surface area contributed by atoms with Gasteiger partial charge in [-0.05, 0) is 61.9 Å². The summed E-state index contributed by atoms with van der Waals surface area (Å²) in [5.74, 6) is -1.02. The van der Waals surface area contributed by atoms with Crippen molar-refractivity contribution in [2.24, 2.45) is 0 Å². The van der Waals surface area contributed by atoms with E-state index in [0.717, 1.165) is 27.6 Å². The SMILES string of the molecule is Cc1ccc(NC(=O)CN(c2ccccc2)S(=O)(=O)c2ccc(F)cc2)c(C)c1. The van der Waals surface area contributed by atoms with Gasteiger partial charge in [0.2, 0.25) is 5.91 Å². The molecule has 0 unspecified atom stereocenters. The maximum Gasteiger partial charge on any atom is 0.264 e. The fourth-order valence-corrected chi connectivity index (χ4v) is 4.34. The van der Waals surface area contributed by atoms with Gasteiger partial charge in [-0.1, -0.05) is 35.9 Å². The summed E-state index contributed by atoms with van der Waals surface area (Å²) in [5, 5.41) is 2.77. The number of para-hydroxylation sites is 1. The average molecular weight is 412 g/mol. The molecular formula is C22H21FN2O3S. The number of hydrogen-bond donors (Lipinski definition) is 1. The van der Waals surface area contributed by atoms with E-state index in [4.69, 9.17) is 0 Å². The standard InChI is InChI=1S/C22H21FN2O3S/c1-16-8-13-21(17(2)14-16)24-22(26)15-25(19-6-4-3-5-7-19)29(27,28)20-11-9-18(23)10-12-20/h3-14H,15H2,1-2H3,(H,24,26). The largest absolute Gasteiger partial charge is 0.324 e. The van der Waals surface area contributed by atoms with Crippen LogP contribution in [0.15, 0.2) is 77.7 Å². The van der Waals surface area contributed by atoms with Crippen molar-refractivity contribution in [3.8, 4) is 0 Å². The second-order valence-corrected chi connectivity index (χ2v) is 8.53. The van der Waals surface area contributed by atoms with E-state index in [1.165, 1.54) is 12.1 Å². The Morgan fingerprint density at radius 1 is 0.966 bits per heavy atom. The molecule has 3 aromatic carbocycles. The van der Waals surface area contributed by atoms with Gasteiger partial charge in [-0.25, -0.2) is 12.8 Å². The molecule has 5 nitrogen and oxygen atoms in total. The van der Waals surface area contributed by atoms with Crippen molar-refractivity contribution in [2.45, 2.75) is 18.7 Å². The number of rotatable bonds is 6. The summed E-state index contributed by atoms with van der Waals surface area (Å²) in [7, 11) is -4.07. The molecule has 0 atom stereocenters. The molecule has 29 heavy (non-hydrogen) atoms. The summed E-state index contributed by atoms with van der Waals surface area (Å²) in [4.78, 5) is 12.6. The van der Waals surface area contributed by atoms with E-state index < -0.39 is 28.3 Å². The predicted octanol–water partition coefficient (Wildman–Crippen LogP) is 4.28. The number of anilines is 2. The molecule has 7 heteroatoms. The third-order valence-electron chi connectivity index (χ3n) is 4.39. The number of carbonyl (C=O) groups excluding carboxylic acids is 1. The maximum absolute atomic E-state index is 13.2. The minimum atomic E-state index is -4.07. The molecule has 1 N–H and O–H groups in total. The number of hydrogen-bond acceptors (Lipinski definition) is 3. The van der Waals surface area contributed by atoms with E-state index in [9.17, 15) is 17.6 Å². The van der Waals surface area contributed by atoms with E-state index in [0.29, 0.717) is 11.4 Å². The average Bonchev–Trinajstić information content (AvgIpc) is 2.69. The van der Waals surface area contributed by atoms with Gasteiger partial charge in [0.1, 0.15) is 12.4 Å². The van der Waals surface area contributed by atoms with E-state index in [1.807, 2.05) is 26.0 Å². The highest BCUT2D eigenvalue weighted by molar-refractivity contribution is 7.92. The van der Waals surface area contributed by atoms with Gasteiger partial charge in [0, 0.05) is 5.69 Å². The summed E-state index contributed by atoms with van der Waals surface area (Å²) in [6.07, 6.45) is 0. The molecule has 0 heterocycles. The lowest BCUT2D eigenvalue weighted by Crippen LogP contribution is -2.38. The maximum atomic E-state index is 13.2. The van der Waals surface area contributed by atoms with Crippen LogP contribution < -0.4 is 9.62 Å². The van der Waals surface area contributed by atoms with Crippen molar-refractivity contribution in [1.82, 2.24) is 0 Å². The molecule has 150 valence electrons. The van der Waals surface area contributed by atoms with Crippen molar-refractivity contribution in [3.63, 3.8) is 0 Å². The molecule has 3 rings (SSSR count). The van der Waals surface area contributed by atoms with Crippen LogP contribution in [0.5, 0.6) is 0 Å². The van der Waals surface area contributed by atoms with Crippen LogP contribution in [-0.4, -0.2) is 20.9 Å². The van der Waals surface area contributed by atoms with Crippen LogP contribution in [0.25, 0.3) is 0 Å². The van der Waals surface area contributed by atoms with Crippen molar-refractivity contribution in [2.75, 3.05) is 16.2 Å². The van der Waals surface area contributed by atoms with Crippen LogP contribution in [0.4, 0.5) is 15.8 Å². The zero-order valence-corrected chi connectivity index (χ0v) is 16.9. The van der Waals surface area contributed by atoms with Crippen LogP contribution in [0.1, 0.15) is 11.1 Å². The van der Waals surface area contributed by atoms with Crippen LogP contribution in [0.2, 0.25) is 0 Å². The molecule has 0 spiro atoms. The van der Waals surface area contributed by atoms with Crippen molar-refractivity contribution >= 4 is 27.3 Å². The molecule has 0 saturated carbocycles. The molecule has 0 bridgehead atoms. The van der Waals surface area contributed by atoms with E-state index in [-0.39, 0.29) is 4.90 Å². The minimum absolute atomic E-state index is 0.0953. The third-order valence-corrected chi connectivity index (χ3v) is 6.18. The highest BCUT2D eigenvalue weighted by Gasteiger charge is 2.27. The summed E-state index contributed by atoms with van der Waals surface area (Å²) in [5.41, 5.74) is 2.90. The summed E-state index contributed by atoms with van der Waals surface area (Å²) in [6.45, 7) is 3.40. The first-order valence-corrected chi connectivity index (χ1v) is 10.4. The Bertz CT molecular complexity index is 1110. The van der Waals surface area contributed by atoms with Gasteiger partial charge < -0.3 is 5.32 Å². The van der Waals surface area contributed by atoms with Crippen molar-refractivity contribution in [1.29, 1.82) is 0 Å². The Hall–Kier alpha value is -3.19. The quantitative estimate of drug-likeness (QED) is 0.657. The Kier molecular flexibility index (Phi) is 5.98. The smallest absolute Gasteiger partial charge is 0.264 e. The number of benzene rings is 3. The second-order valence-electron chi connectivity index (χ2n) is 6.67. The molecule has 0 aliphatic heterocycles. The Morgan fingerprint density at radius 2 is 1.62 bits per heavy atom. The fourth-order valence-electron chi connectivity index (χ4n) is 2.92. The number of carbonyl (C=O) groups is 1. The zero-order valence-electron chi connectivity index (χ0n) is 16.1. The molecule has 0 saturated heterocycles. The summed E-state index contributed by atoms with van der Waals surface area (Å²) < 4.78 is 40.6. The fraction of sp³-hybridized carbons (Fsp3) is 0.136. The van der Waals surface area contributed by atoms with Crippen LogP contribution in [-0.2, 0) is 14.8 Å². The molecular weight excluding hydrogens is 391 g/mol. The number of aryl methyl sites for hydroxylation is 2. The van der Waals surface area contributed by atoms with Crippen molar-refractivity contribution < 1.29 is 17.6 Å². The Labute approximate surface area is 169 Å². The number of amides is 1. The van der Waals surface area contributed by atoms with Crippen LogP contribution in [0.3, 0.4) is 0 Å². The molecule has 0 aliphatic carbocycles. The monoisotopic (exact) mass is 412 g/mol. The van der Waals surface area contributed by atoms with E-state index in [2.05, 4.69) is 5.32 Å². The van der Waals surface area contributed by atoms with E-state index in [1.54, 1.807) is 36.4 Å². The highest BCUT2D eigenvalue weighted by Crippen LogP contribution is 2.24. The second kappa shape index (κ2) is 8.45. The zero-order chi connectivity index (χ0) is 21.0. The first-order valence-electron chi connectivity index (χ1n) is 8.98. The van der Waals surface area contributed by atoms with Crippen LogP contribution in [0, 0.1) is 19.7 Å². The van der Waals surface area contributed by atoms with Gasteiger partial charge >= 0.3 is 0 Å². The van der Waals surface area contributed by atoms with Gasteiger partial charge in [0.05, 0.1) is 10.6 Å². The first-order chi connectivity index (χ1) is 13.8.